The van der Waals surface area contributed by atoms with Crippen LogP contribution >= 0.6 is 32.6 Å². The minimum atomic E-state index is 0.281. The number of nitrogen functional groups attached to an aromatic ring is 1. The van der Waals surface area contributed by atoms with Gasteiger partial charge in [0.2, 0.25) is 0 Å². The van der Waals surface area contributed by atoms with Gasteiger partial charge in [0.05, 0.1) is 22.9 Å². The molecule has 0 aliphatic carbocycles. The van der Waals surface area contributed by atoms with Crippen LogP contribution in [0.3, 0.4) is 0 Å². The fourth-order valence-corrected chi connectivity index (χ4v) is 4.03. The van der Waals surface area contributed by atoms with E-state index in [1.807, 2.05) is 12.1 Å². The normalized spacial score (nSPS) is 11.1. The fraction of sp³-hybridized carbons (Fsp3) is 0.100. The Kier molecular flexibility index (Phi) is 6.18. The number of aromatic nitrogens is 3. The Balaban J connectivity index is 1.66. The summed E-state index contributed by atoms with van der Waals surface area (Å²) in [5, 5.41) is 7.71. The molecule has 0 aliphatic heterocycles. The van der Waals surface area contributed by atoms with Crippen molar-refractivity contribution < 1.29 is 4.74 Å². The third-order valence-electron chi connectivity index (χ3n) is 4.68. The Hall–Kier alpha value is -2.61. The van der Waals surface area contributed by atoms with Crippen molar-refractivity contribution in [1.29, 1.82) is 0 Å². The Morgan fingerprint density at radius 3 is 2.74 bits per heavy atom. The molecule has 0 aliphatic rings. The lowest BCUT2D eigenvalue weighted by Gasteiger charge is -2.22. The zero-order chi connectivity index (χ0) is 22.1. The van der Waals surface area contributed by atoms with E-state index in [0.29, 0.717) is 34.6 Å². The van der Waals surface area contributed by atoms with E-state index in [4.69, 9.17) is 45.2 Å². The van der Waals surface area contributed by atoms with Gasteiger partial charge < -0.3 is 21.2 Å². The molecule has 2 aromatic heterocycles. The number of pyridine rings is 1. The first-order chi connectivity index (χ1) is 14.9. The molecule has 0 saturated heterocycles. The topological polar surface area (TPSA) is 121 Å². The van der Waals surface area contributed by atoms with E-state index >= 15 is 0 Å². The third-order valence-corrected chi connectivity index (χ3v) is 5.56. The van der Waals surface area contributed by atoms with Gasteiger partial charge in [0.25, 0.3) is 0 Å². The highest BCUT2D eigenvalue weighted by atomic mass is 35.5. The number of nitrogens with two attached hydrogens (primary N) is 3. The minimum Gasteiger partial charge on any atom is -0.453 e. The van der Waals surface area contributed by atoms with Gasteiger partial charge in [-0.1, -0.05) is 23.2 Å². The molecule has 0 radical (unpaired) electrons. The Morgan fingerprint density at radius 2 is 1.97 bits per heavy atom. The molecule has 0 amide bonds. The summed E-state index contributed by atoms with van der Waals surface area (Å²) in [6.45, 7) is 0.616. The molecule has 160 valence electrons. The first kappa shape index (κ1) is 21.6. The van der Waals surface area contributed by atoms with Gasteiger partial charge in [-0.05, 0) is 57.4 Å². The highest BCUT2D eigenvalue weighted by Gasteiger charge is 2.18. The summed E-state index contributed by atoms with van der Waals surface area (Å²) < 4.78 is 7.60. The van der Waals surface area contributed by atoms with Crippen LogP contribution in [0, 0.1) is 0 Å². The van der Waals surface area contributed by atoms with E-state index in [0.717, 1.165) is 22.3 Å². The van der Waals surface area contributed by atoms with Crippen molar-refractivity contribution in [1.82, 2.24) is 14.5 Å². The quantitative estimate of drug-likeness (QED) is 0.166. The van der Waals surface area contributed by atoms with Gasteiger partial charge in [-0.15, -0.1) is 0 Å². The molecule has 1 atom stereocenters. The number of hydrazine groups is 1. The van der Waals surface area contributed by atoms with Gasteiger partial charge in [-0.3, -0.25) is 0 Å². The molecule has 1 unspecified atom stereocenters. The number of halogens is 2. The molecule has 6 N–H and O–H groups in total. The Bertz CT molecular complexity index is 1260. The number of hydrogen-bond acceptors (Lipinski definition) is 7. The van der Waals surface area contributed by atoms with E-state index in [9.17, 15) is 0 Å². The number of nitrogens with zero attached hydrogens (tertiary/aromatic N) is 4. The molecule has 2 aromatic carbocycles. The van der Waals surface area contributed by atoms with Crippen molar-refractivity contribution in [2.45, 2.75) is 13.1 Å². The predicted octanol–water partition coefficient (Wildman–Crippen LogP) is 4.09. The van der Waals surface area contributed by atoms with Gasteiger partial charge in [-0.2, -0.15) is 5.10 Å². The summed E-state index contributed by atoms with van der Waals surface area (Å²) >= 11 is 12.5. The second kappa shape index (κ2) is 8.86. The van der Waals surface area contributed by atoms with Crippen LogP contribution in [0.25, 0.3) is 11.0 Å². The van der Waals surface area contributed by atoms with E-state index in [1.54, 1.807) is 41.0 Å². The summed E-state index contributed by atoms with van der Waals surface area (Å²) in [4.78, 5) is 4.33. The molecule has 2 heterocycles. The van der Waals surface area contributed by atoms with Gasteiger partial charge in [-0.25, -0.2) is 15.3 Å². The summed E-state index contributed by atoms with van der Waals surface area (Å²) in [5.41, 5.74) is 15.2. The summed E-state index contributed by atoms with van der Waals surface area (Å²) in [5.74, 6) is 7.10. The van der Waals surface area contributed by atoms with Crippen LogP contribution in [0.4, 0.5) is 11.4 Å². The summed E-state index contributed by atoms with van der Waals surface area (Å²) in [7, 11) is 2.51. The molecule has 11 heteroatoms. The lowest BCUT2D eigenvalue weighted by atomic mass is 10.2. The van der Waals surface area contributed by atoms with Crippen molar-refractivity contribution in [2.75, 3.05) is 10.7 Å². The van der Waals surface area contributed by atoms with Crippen LogP contribution < -0.4 is 27.1 Å². The van der Waals surface area contributed by atoms with Gasteiger partial charge >= 0.3 is 0 Å². The maximum atomic E-state index is 6.38. The molecule has 0 spiro atoms. The van der Waals surface area contributed by atoms with Crippen molar-refractivity contribution in [3.63, 3.8) is 0 Å². The van der Waals surface area contributed by atoms with E-state index < -0.39 is 0 Å². The summed E-state index contributed by atoms with van der Waals surface area (Å²) in [6, 6.07) is 12.4. The average molecular weight is 476 g/mol. The number of hydrogen-bond donors (Lipinski definition) is 3. The molecule has 4 aromatic rings. The van der Waals surface area contributed by atoms with E-state index in [2.05, 4.69) is 19.5 Å². The van der Waals surface area contributed by atoms with Crippen LogP contribution in [0.2, 0.25) is 10.0 Å². The molecular formula is C20H20Cl2N7OP. The van der Waals surface area contributed by atoms with Crippen LogP contribution in [-0.2, 0) is 13.1 Å². The third kappa shape index (κ3) is 4.39. The van der Waals surface area contributed by atoms with Crippen LogP contribution in [-0.4, -0.2) is 14.5 Å². The van der Waals surface area contributed by atoms with Crippen molar-refractivity contribution in [3.05, 3.63) is 70.0 Å². The van der Waals surface area contributed by atoms with E-state index in [1.165, 1.54) is 5.01 Å². The first-order valence-electron chi connectivity index (χ1n) is 9.22. The lowest BCUT2D eigenvalue weighted by Crippen LogP contribution is -2.31. The summed E-state index contributed by atoms with van der Waals surface area (Å²) in [6.07, 6.45) is 1.71. The fourth-order valence-electron chi connectivity index (χ4n) is 3.23. The zero-order valence-corrected chi connectivity index (χ0v) is 19.0. The number of benzene rings is 2. The minimum absolute atomic E-state index is 0.281. The lowest BCUT2D eigenvalue weighted by molar-refractivity contribution is 0.484. The molecule has 4 rings (SSSR count). The van der Waals surface area contributed by atoms with Gasteiger partial charge in [0, 0.05) is 23.2 Å². The Labute approximate surface area is 191 Å². The molecular weight excluding hydrogens is 456 g/mol. The highest BCUT2D eigenvalue weighted by molar-refractivity contribution is 7.14. The van der Waals surface area contributed by atoms with Crippen molar-refractivity contribution >= 4 is 55.0 Å². The maximum Gasteiger partial charge on any atom is 0.171 e. The standard InChI is InChI=1S/C20H20Cl2N7OP/c21-12-6-11(9-23)7-13(8-12)30-19-15(22)3-4-17(18(19)24)28(25)10-16-14-2-1-5-26-20(14)29(31)27-16/h1-8H,9-10,23-25,31H2. The van der Waals surface area contributed by atoms with Gasteiger partial charge in [0.1, 0.15) is 11.4 Å². The first-order valence-corrected chi connectivity index (χ1v) is 10.5. The zero-order valence-electron chi connectivity index (χ0n) is 16.3. The highest BCUT2D eigenvalue weighted by Crippen LogP contribution is 2.41. The number of anilines is 2. The number of ether oxygens (including phenoxy) is 1. The molecule has 0 fully saturated rings. The number of rotatable bonds is 6. The largest absolute Gasteiger partial charge is 0.453 e. The predicted molar refractivity (Wildman–Crippen MR) is 128 cm³/mol. The van der Waals surface area contributed by atoms with Gasteiger partial charge in [0.15, 0.2) is 11.4 Å². The van der Waals surface area contributed by atoms with Crippen molar-refractivity contribution in [3.8, 4) is 11.5 Å². The second-order valence-corrected chi connectivity index (χ2v) is 8.14. The Morgan fingerprint density at radius 1 is 1.16 bits per heavy atom. The monoisotopic (exact) mass is 475 g/mol. The van der Waals surface area contributed by atoms with Crippen LogP contribution in [0.1, 0.15) is 11.3 Å². The molecule has 0 bridgehead atoms. The molecule has 31 heavy (non-hydrogen) atoms. The average Bonchev–Trinajstić information content (AvgIpc) is 3.06. The van der Waals surface area contributed by atoms with Crippen LogP contribution in [0.15, 0.2) is 48.7 Å². The molecule has 8 nitrogen and oxygen atoms in total. The SMILES string of the molecule is NCc1cc(Cl)cc(Oc2c(Cl)ccc(N(N)Cc3nn(P)c4ncccc34)c2N)c1. The second-order valence-electron chi connectivity index (χ2n) is 6.80. The molecule has 0 saturated carbocycles. The van der Waals surface area contributed by atoms with Crippen molar-refractivity contribution in [2.24, 2.45) is 11.6 Å². The number of fused-ring (bicyclic) bond motifs is 1. The maximum absolute atomic E-state index is 6.38. The smallest absolute Gasteiger partial charge is 0.171 e. The van der Waals surface area contributed by atoms with E-state index in [-0.39, 0.29) is 11.4 Å². The van der Waals surface area contributed by atoms with Crippen LogP contribution in [0.5, 0.6) is 11.5 Å².